The molecule has 4 rings (SSSR count). The number of ether oxygens (including phenoxy) is 1. The predicted molar refractivity (Wildman–Crippen MR) is 129 cm³/mol. The molecule has 0 aliphatic carbocycles. The second kappa shape index (κ2) is 10.1. The van der Waals surface area contributed by atoms with E-state index in [1.807, 2.05) is 36.5 Å². The summed E-state index contributed by atoms with van der Waals surface area (Å²) in [7, 11) is 1.78. The monoisotopic (exact) mass is 438 g/mol. The molecule has 0 N–H and O–H groups in total. The molecule has 1 fully saturated rings. The maximum Gasteiger partial charge on any atom is 0.223 e. The smallest absolute Gasteiger partial charge is 0.223 e. The number of hydrogen-bond acceptors (Lipinski definition) is 6. The van der Waals surface area contributed by atoms with Crippen molar-refractivity contribution in [1.29, 1.82) is 0 Å². The van der Waals surface area contributed by atoms with E-state index in [0.29, 0.717) is 6.61 Å². The molecule has 31 heavy (non-hydrogen) atoms. The zero-order chi connectivity index (χ0) is 21.6. The first kappa shape index (κ1) is 21.6. The highest BCUT2D eigenvalue weighted by molar-refractivity contribution is 7.17. The fourth-order valence-electron chi connectivity index (χ4n) is 3.90. The molecule has 164 valence electrons. The summed E-state index contributed by atoms with van der Waals surface area (Å²) in [4.78, 5) is 23.8. The lowest BCUT2D eigenvalue weighted by atomic mass is 10.2. The summed E-state index contributed by atoms with van der Waals surface area (Å²) in [5, 5.41) is 3.52. The van der Waals surface area contributed by atoms with Gasteiger partial charge in [0.2, 0.25) is 5.91 Å². The second-order valence-electron chi connectivity index (χ2n) is 7.94. The normalized spacial score (nSPS) is 14.7. The molecule has 1 aliphatic rings. The van der Waals surface area contributed by atoms with Crippen LogP contribution in [-0.2, 0) is 4.79 Å². The van der Waals surface area contributed by atoms with Gasteiger partial charge in [0.25, 0.3) is 0 Å². The third-order valence-corrected chi connectivity index (χ3v) is 6.75. The Morgan fingerprint density at radius 1 is 1.16 bits per heavy atom. The van der Waals surface area contributed by atoms with Gasteiger partial charge >= 0.3 is 0 Å². The standard InChI is InChI=1S/C24H30N4O2S/c1-19(29)26(2)20-7-5-8-21(17-20)30-16-4-3-11-27-12-14-28(15-13-27)23-18-31-24-22(23)9-6-10-25-24/h5-10,17-18H,3-4,11-16H2,1-2H3. The molecule has 0 atom stereocenters. The molecule has 0 unspecified atom stereocenters. The second-order valence-corrected chi connectivity index (χ2v) is 8.79. The zero-order valence-electron chi connectivity index (χ0n) is 18.3. The van der Waals surface area contributed by atoms with Crippen molar-refractivity contribution < 1.29 is 9.53 Å². The molecule has 6 nitrogen and oxygen atoms in total. The van der Waals surface area contributed by atoms with Gasteiger partial charge in [-0.05, 0) is 43.7 Å². The van der Waals surface area contributed by atoms with Gasteiger partial charge in [-0.3, -0.25) is 9.69 Å². The highest BCUT2D eigenvalue weighted by atomic mass is 32.1. The van der Waals surface area contributed by atoms with E-state index in [1.54, 1.807) is 30.2 Å². The van der Waals surface area contributed by atoms with Gasteiger partial charge in [-0.2, -0.15) is 0 Å². The predicted octanol–water partition coefficient (Wildman–Crippen LogP) is 4.26. The summed E-state index contributed by atoms with van der Waals surface area (Å²) < 4.78 is 5.90. The molecule has 3 aromatic rings. The molecule has 0 saturated carbocycles. The van der Waals surface area contributed by atoms with Crippen molar-refractivity contribution in [2.24, 2.45) is 0 Å². The number of nitrogens with zero attached hydrogens (tertiary/aromatic N) is 4. The molecule has 3 heterocycles. The number of piperazine rings is 1. The number of aromatic nitrogens is 1. The number of rotatable bonds is 8. The summed E-state index contributed by atoms with van der Waals surface area (Å²) in [6.45, 7) is 7.68. The van der Waals surface area contributed by atoms with E-state index in [-0.39, 0.29) is 5.91 Å². The van der Waals surface area contributed by atoms with Gasteiger partial charge in [-0.15, -0.1) is 11.3 Å². The average molecular weight is 439 g/mol. The number of benzene rings is 1. The topological polar surface area (TPSA) is 48.9 Å². The van der Waals surface area contributed by atoms with Crippen LogP contribution in [0.1, 0.15) is 19.8 Å². The largest absolute Gasteiger partial charge is 0.494 e. The zero-order valence-corrected chi connectivity index (χ0v) is 19.1. The minimum Gasteiger partial charge on any atom is -0.494 e. The Kier molecular flexibility index (Phi) is 7.04. The minimum atomic E-state index is 0.0149. The molecule has 0 bridgehead atoms. The van der Waals surface area contributed by atoms with Crippen molar-refractivity contribution in [2.45, 2.75) is 19.8 Å². The van der Waals surface area contributed by atoms with E-state index in [9.17, 15) is 4.79 Å². The van der Waals surface area contributed by atoms with E-state index >= 15 is 0 Å². The number of carbonyl (C=O) groups excluding carboxylic acids is 1. The highest BCUT2D eigenvalue weighted by Crippen LogP contribution is 2.32. The van der Waals surface area contributed by atoms with Gasteiger partial charge in [0.1, 0.15) is 10.6 Å². The molecular formula is C24H30N4O2S. The van der Waals surface area contributed by atoms with Crippen LogP contribution in [0.5, 0.6) is 5.75 Å². The van der Waals surface area contributed by atoms with E-state index in [0.717, 1.165) is 61.8 Å². The van der Waals surface area contributed by atoms with E-state index in [2.05, 4.69) is 26.2 Å². The average Bonchev–Trinajstić information content (AvgIpc) is 3.23. The lowest BCUT2D eigenvalue weighted by Gasteiger charge is -2.35. The summed E-state index contributed by atoms with van der Waals surface area (Å²) in [6.07, 6.45) is 4.01. The first-order chi connectivity index (χ1) is 15.1. The van der Waals surface area contributed by atoms with Gasteiger partial charge in [-0.1, -0.05) is 6.07 Å². The number of thiophene rings is 1. The Balaban J connectivity index is 1.17. The van der Waals surface area contributed by atoms with Crippen molar-refractivity contribution in [3.8, 4) is 5.75 Å². The number of amides is 1. The first-order valence-electron chi connectivity index (χ1n) is 10.9. The van der Waals surface area contributed by atoms with Gasteiger partial charge in [0.05, 0.1) is 12.3 Å². The fraction of sp³-hybridized carbons (Fsp3) is 0.417. The van der Waals surface area contributed by atoms with Crippen LogP contribution in [0.15, 0.2) is 48.0 Å². The van der Waals surface area contributed by atoms with Crippen LogP contribution in [0.4, 0.5) is 11.4 Å². The maximum atomic E-state index is 11.5. The molecule has 1 amide bonds. The Labute approximate surface area is 188 Å². The van der Waals surface area contributed by atoms with Crippen LogP contribution >= 0.6 is 11.3 Å². The maximum absolute atomic E-state index is 11.5. The Morgan fingerprint density at radius 2 is 2.00 bits per heavy atom. The molecule has 2 aromatic heterocycles. The van der Waals surface area contributed by atoms with E-state index in [1.165, 1.54) is 11.1 Å². The number of anilines is 2. The minimum absolute atomic E-state index is 0.0149. The van der Waals surface area contributed by atoms with Gasteiger partial charge in [0.15, 0.2) is 0 Å². The molecule has 1 saturated heterocycles. The Bertz CT molecular complexity index is 1010. The molecule has 0 radical (unpaired) electrons. The molecule has 0 spiro atoms. The summed E-state index contributed by atoms with van der Waals surface area (Å²) >= 11 is 1.73. The van der Waals surface area contributed by atoms with Crippen molar-refractivity contribution >= 4 is 38.8 Å². The summed E-state index contributed by atoms with van der Waals surface area (Å²) in [6, 6.07) is 11.9. The third-order valence-electron chi connectivity index (χ3n) is 5.86. The van der Waals surface area contributed by atoms with Crippen LogP contribution in [0, 0.1) is 0 Å². The Morgan fingerprint density at radius 3 is 2.81 bits per heavy atom. The SMILES string of the molecule is CC(=O)N(C)c1cccc(OCCCCN2CCN(c3csc4ncccc34)CC2)c1. The fourth-order valence-corrected chi connectivity index (χ4v) is 4.82. The van der Waals surface area contributed by atoms with Crippen molar-refractivity contribution in [3.05, 3.63) is 48.0 Å². The molecule has 1 aliphatic heterocycles. The van der Waals surface area contributed by atoms with Crippen LogP contribution in [0.2, 0.25) is 0 Å². The number of fused-ring (bicyclic) bond motifs is 1. The first-order valence-corrected chi connectivity index (χ1v) is 11.8. The van der Waals surface area contributed by atoms with Gasteiger partial charge in [0, 0.05) is 68.9 Å². The van der Waals surface area contributed by atoms with E-state index < -0.39 is 0 Å². The summed E-state index contributed by atoms with van der Waals surface area (Å²) in [5.74, 6) is 0.831. The molecular weight excluding hydrogens is 408 g/mol. The number of pyridine rings is 1. The third kappa shape index (κ3) is 5.35. The van der Waals surface area contributed by atoms with Gasteiger partial charge in [-0.25, -0.2) is 4.98 Å². The van der Waals surface area contributed by atoms with Gasteiger partial charge < -0.3 is 14.5 Å². The van der Waals surface area contributed by atoms with Crippen LogP contribution < -0.4 is 14.5 Å². The molecule has 1 aromatic carbocycles. The highest BCUT2D eigenvalue weighted by Gasteiger charge is 2.19. The number of carbonyl (C=O) groups is 1. The Hall–Kier alpha value is -2.64. The number of unbranched alkanes of at least 4 members (excludes halogenated alkanes) is 1. The molecule has 7 heteroatoms. The van der Waals surface area contributed by atoms with E-state index in [4.69, 9.17) is 4.74 Å². The van der Waals surface area contributed by atoms with Crippen molar-refractivity contribution in [3.63, 3.8) is 0 Å². The quantitative estimate of drug-likeness (QED) is 0.492. The summed E-state index contributed by atoms with van der Waals surface area (Å²) in [5.41, 5.74) is 2.19. The van der Waals surface area contributed by atoms with Crippen LogP contribution in [0.25, 0.3) is 10.2 Å². The number of hydrogen-bond donors (Lipinski definition) is 0. The van der Waals surface area contributed by atoms with Crippen molar-refractivity contribution in [2.75, 3.05) is 56.2 Å². The lowest BCUT2D eigenvalue weighted by molar-refractivity contribution is -0.116. The van der Waals surface area contributed by atoms with Crippen LogP contribution in [-0.4, -0.2) is 62.2 Å². The van der Waals surface area contributed by atoms with Crippen molar-refractivity contribution in [1.82, 2.24) is 9.88 Å². The lowest BCUT2D eigenvalue weighted by Crippen LogP contribution is -2.46. The van der Waals surface area contributed by atoms with Crippen LogP contribution in [0.3, 0.4) is 0 Å².